The molecule has 2 N–H and O–H groups in total. The fourth-order valence-corrected chi connectivity index (χ4v) is 3.97. The minimum Gasteiger partial charge on any atom is -0.493 e. The molecule has 3 rings (SSSR count). The summed E-state index contributed by atoms with van der Waals surface area (Å²) < 4.78 is 10.7. The second-order valence-corrected chi connectivity index (χ2v) is 7.78. The van der Waals surface area contributed by atoms with E-state index < -0.39 is 0 Å². The molecule has 0 radical (unpaired) electrons. The Kier molecular flexibility index (Phi) is 10.4. The smallest absolute Gasteiger partial charge is 0.195 e. The van der Waals surface area contributed by atoms with E-state index in [1.807, 2.05) is 18.2 Å². The quantitative estimate of drug-likeness (QED) is 0.292. The van der Waals surface area contributed by atoms with Crippen LogP contribution in [-0.4, -0.2) is 50.8 Å². The van der Waals surface area contributed by atoms with Crippen molar-refractivity contribution < 1.29 is 9.47 Å². The summed E-state index contributed by atoms with van der Waals surface area (Å²) in [5.74, 6) is 2.76. The largest absolute Gasteiger partial charge is 0.493 e. The molecule has 170 valence electrons. The monoisotopic (exact) mass is 538 g/mol. The Hall–Kier alpha value is -2.00. The fourth-order valence-electron chi connectivity index (χ4n) is 3.97. The highest BCUT2D eigenvalue weighted by atomic mass is 127. The predicted molar refractivity (Wildman–Crippen MR) is 139 cm³/mol. The number of methoxy groups -OCH3 is 2. The van der Waals surface area contributed by atoms with Crippen LogP contribution >= 0.6 is 24.0 Å². The normalized spacial score (nSPS) is 18.9. The van der Waals surface area contributed by atoms with Gasteiger partial charge in [0.1, 0.15) is 0 Å². The molecule has 0 saturated carbocycles. The molecule has 2 unspecified atom stereocenters. The Balaban J connectivity index is 0.00000341. The SMILES string of the molecule is CCNC(=NCC1CC(C)N(Cc2ccccc2)C1)Nc1ccc(OC)c(OC)c1.I. The van der Waals surface area contributed by atoms with Gasteiger partial charge in [-0.05, 0) is 43.9 Å². The molecule has 0 amide bonds. The van der Waals surface area contributed by atoms with Crippen LogP contribution in [0.4, 0.5) is 5.69 Å². The van der Waals surface area contributed by atoms with E-state index in [-0.39, 0.29) is 24.0 Å². The van der Waals surface area contributed by atoms with E-state index in [0.29, 0.717) is 23.5 Å². The Morgan fingerprint density at radius 1 is 1.10 bits per heavy atom. The number of halogens is 1. The first-order valence-electron chi connectivity index (χ1n) is 10.7. The standard InChI is InChI=1S/C24H34N4O2.HI/c1-5-25-24(27-21-11-12-22(29-3)23(14-21)30-4)26-15-20-13-18(2)28(17-20)16-19-9-7-6-8-10-19;/h6-12,14,18,20H,5,13,15-17H2,1-4H3,(H2,25,26,27);1H. The second-order valence-electron chi connectivity index (χ2n) is 7.78. The summed E-state index contributed by atoms with van der Waals surface area (Å²) in [5.41, 5.74) is 2.29. The number of benzene rings is 2. The van der Waals surface area contributed by atoms with E-state index in [9.17, 15) is 0 Å². The number of ether oxygens (including phenoxy) is 2. The average molecular weight is 538 g/mol. The van der Waals surface area contributed by atoms with Gasteiger partial charge in [-0.15, -0.1) is 24.0 Å². The summed E-state index contributed by atoms with van der Waals surface area (Å²) in [4.78, 5) is 7.42. The van der Waals surface area contributed by atoms with E-state index >= 15 is 0 Å². The zero-order valence-corrected chi connectivity index (χ0v) is 21.3. The van der Waals surface area contributed by atoms with Crippen LogP contribution in [0.5, 0.6) is 11.5 Å². The number of likely N-dealkylation sites (tertiary alicyclic amines) is 1. The minimum absolute atomic E-state index is 0. The van der Waals surface area contributed by atoms with Gasteiger partial charge in [0.15, 0.2) is 17.5 Å². The van der Waals surface area contributed by atoms with Gasteiger partial charge in [-0.25, -0.2) is 0 Å². The molecule has 7 heteroatoms. The first-order chi connectivity index (χ1) is 14.6. The average Bonchev–Trinajstić information content (AvgIpc) is 3.12. The van der Waals surface area contributed by atoms with Crippen LogP contribution in [0.2, 0.25) is 0 Å². The molecule has 2 aromatic rings. The van der Waals surface area contributed by atoms with E-state index in [1.165, 1.54) is 12.0 Å². The number of nitrogens with zero attached hydrogens (tertiary/aromatic N) is 2. The van der Waals surface area contributed by atoms with Crippen molar-refractivity contribution in [1.82, 2.24) is 10.2 Å². The molecule has 1 fully saturated rings. The first-order valence-corrected chi connectivity index (χ1v) is 10.7. The van der Waals surface area contributed by atoms with Gasteiger partial charge in [-0.3, -0.25) is 9.89 Å². The van der Waals surface area contributed by atoms with Crippen molar-refractivity contribution in [3.63, 3.8) is 0 Å². The van der Waals surface area contributed by atoms with Crippen LogP contribution in [0.25, 0.3) is 0 Å². The van der Waals surface area contributed by atoms with Crippen molar-refractivity contribution in [2.24, 2.45) is 10.9 Å². The summed E-state index contributed by atoms with van der Waals surface area (Å²) >= 11 is 0. The third kappa shape index (κ3) is 7.28. The number of anilines is 1. The topological polar surface area (TPSA) is 58.1 Å². The van der Waals surface area contributed by atoms with Gasteiger partial charge < -0.3 is 20.1 Å². The Morgan fingerprint density at radius 3 is 2.52 bits per heavy atom. The van der Waals surface area contributed by atoms with Gasteiger partial charge in [-0.1, -0.05) is 30.3 Å². The van der Waals surface area contributed by atoms with E-state index in [4.69, 9.17) is 14.5 Å². The van der Waals surface area contributed by atoms with Gasteiger partial charge in [0.25, 0.3) is 0 Å². The van der Waals surface area contributed by atoms with Crippen LogP contribution in [0.1, 0.15) is 25.8 Å². The van der Waals surface area contributed by atoms with Gasteiger partial charge in [0, 0.05) is 44.0 Å². The Bertz CT molecular complexity index is 832. The molecular weight excluding hydrogens is 503 g/mol. The minimum atomic E-state index is 0. The third-order valence-electron chi connectivity index (χ3n) is 5.52. The van der Waals surface area contributed by atoms with Crippen molar-refractivity contribution >= 4 is 35.6 Å². The molecular formula is C24H35IN4O2. The summed E-state index contributed by atoms with van der Waals surface area (Å²) in [5, 5.41) is 6.72. The third-order valence-corrected chi connectivity index (χ3v) is 5.52. The Morgan fingerprint density at radius 2 is 1.84 bits per heavy atom. The van der Waals surface area contributed by atoms with E-state index in [0.717, 1.165) is 37.8 Å². The van der Waals surface area contributed by atoms with Crippen molar-refractivity contribution in [3.8, 4) is 11.5 Å². The highest BCUT2D eigenvalue weighted by Gasteiger charge is 2.28. The molecule has 31 heavy (non-hydrogen) atoms. The second kappa shape index (κ2) is 12.8. The summed E-state index contributed by atoms with van der Waals surface area (Å²) in [6, 6.07) is 17.1. The maximum absolute atomic E-state index is 5.40. The van der Waals surface area contributed by atoms with Crippen molar-refractivity contribution in [2.75, 3.05) is 39.2 Å². The van der Waals surface area contributed by atoms with Gasteiger partial charge in [0.2, 0.25) is 0 Å². The molecule has 2 atom stereocenters. The lowest BCUT2D eigenvalue weighted by molar-refractivity contribution is 0.256. The summed E-state index contributed by atoms with van der Waals surface area (Å²) in [7, 11) is 3.28. The number of guanidine groups is 1. The van der Waals surface area contributed by atoms with Crippen molar-refractivity contribution in [2.45, 2.75) is 32.9 Å². The molecule has 1 aliphatic heterocycles. The molecule has 0 bridgehead atoms. The summed E-state index contributed by atoms with van der Waals surface area (Å²) in [6.45, 7) is 8.09. The van der Waals surface area contributed by atoms with Gasteiger partial charge in [0.05, 0.1) is 14.2 Å². The van der Waals surface area contributed by atoms with Crippen LogP contribution < -0.4 is 20.1 Å². The first kappa shape index (κ1) is 25.3. The number of rotatable bonds is 8. The number of aliphatic imine (C=N–C) groups is 1. The molecule has 2 aromatic carbocycles. The molecule has 0 spiro atoms. The molecule has 6 nitrogen and oxygen atoms in total. The maximum atomic E-state index is 5.40. The van der Waals surface area contributed by atoms with Crippen molar-refractivity contribution in [3.05, 3.63) is 54.1 Å². The zero-order chi connectivity index (χ0) is 21.3. The lowest BCUT2D eigenvalue weighted by Gasteiger charge is -2.20. The van der Waals surface area contributed by atoms with E-state index in [1.54, 1.807) is 14.2 Å². The molecule has 0 aromatic heterocycles. The predicted octanol–water partition coefficient (Wildman–Crippen LogP) is 4.61. The fraction of sp³-hybridized carbons (Fsp3) is 0.458. The number of hydrogen-bond donors (Lipinski definition) is 2. The van der Waals surface area contributed by atoms with Crippen LogP contribution in [0.3, 0.4) is 0 Å². The molecule has 0 aliphatic carbocycles. The highest BCUT2D eigenvalue weighted by Crippen LogP contribution is 2.30. The van der Waals surface area contributed by atoms with Gasteiger partial charge in [-0.2, -0.15) is 0 Å². The maximum Gasteiger partial charge on any atom is 0.195 e. The van der Waals surface area contributed by atoms with Crippen molar-refractivity contribution in [1.29, 1.82) is 0 Å². The molecule has 1 heterocycles. The molecule has 1 saturated heterocycles. The highest BCUT2D eigenvalue weighted by molar-refractivity contribution is 14.0. The summed E-state index contributed by atoms with van der Waals surface area (Å²) in [6.07, 6.45) is 1.17. The van der Waals surface area contributed by atoms with Crippen LogP contribution in [0, 0.1) is 5.92 Å². The van der Waals surface area contributed by atoms with Crippen LogP contribution in [-0.2, 0) is 6.54 Å². The van der Waals surface area contributed by atoms with Crippen LogP contribution in [0.15, 0.2) is 53.5 Å². The lowest BCUT2D eigenvalue weighted by Crippen LogP contribution is -2.31. The lowest BCUT2D eigenvalue weighted by atomic mass is 10.1. The number of hydrogen-bond acceptors (Lipinski definition) is 4. The van der Waals surface area contributed by atoms with E-state index in [2.05, 4.69) is 59.7 Å². The Labute approximate surface area is 203 Å². The van der Waals surface area contributed by atoms with Gasteiger partial charge >= 0.3 is 0 Å². The zero-order valence-electron chi connectivity index (χ0n) is 18.9. The molecule has 1 aliphatic rings. The number of nitrogens with one attached hydrogen (secondary N) is 2.